The van der Waals surface area contributed by atoms with Gasteiger partial charge in [0.05, 0.1) is 10.3 Å². The Labute approximate surface area is 127 Å². The highest BCUT2D eigenvalue weighted by molar-refractivity contribution is 5.99. The number of hydrogen-bond donors (Lipinski definition) is 1. The maximum absolute atomic E-state index is 11.2. The molecule has 5 heteroatoms. The number of nitrogens with one attached hydrogen (secondary N) is 1. The first-order valence-electron chi connectivity index (χ1n) is 8.01. The first kappa shape index (κ1) is 12.4. The average molecular weight is 295 g/mol. The molecular formula is C17H17N3O2. The van der Waals surface area contributed by atoms with Gasteiger partial charge in [-0.3, -0.25) is 15.1 Å². The van der Waals surface area contributed by atoms with Gasteiger partial charge < -0.3 is 5.32 Å². The van der Waals surface area contributed by atoms with Crippen LogP contribution in [0.3, 0.4) is 0 Å². The summed E-state index contributed by atoms with van der Waals surface area (Å²) in [5.74, 6) is 3.51. The molecule has 0 aliphatic heterocycles. The second-order valence-corrected chi connectivity index (χ2v) is 6.97. The Kier molecular flexibility index (Phi) is 2.35. The summed E-state index contributed by atoms with van der Waals surface area (Å²) in [7, 11) is 0. The van der Waals surface area contributed by atoms with Crippen LogP contribution in [0.2, 0.25) is 0 Å². The molecule has 1 aromatic carbocycles. The summed E-state index contributed by atoms with van der Waals surface area (Å²) in [5.41, 5.74) is 1.14. The third-order valence-corrected chi connectivity index (χ3v) is 6.05. The van der Waals surface area contributed by atoms with E-state index >= 15 is 0 Å². The zero-order valence-corrected chi connectivity index (χ0v) is 12.1. The van der Waals surface area contributed by atoms with Crippen molar-refractivity contribution < 1.29 is 4.92 Å². The number of hydrogen-bond acceptors (Lipinski definition) is 4. The lowest BCUT2D eigenvalue weighted by molar-refractivity contribution is -0.383. The van der Waals surface area contributed by atoms with Gasteiger partial charge in [-0.05, 0) is 55.1 Å². The fourth-order valence-electron chi connectivity index (χ4n) is 5.16. The highest BCUT2D eigenvalue weighted by atomic mass is 16.6. The first-order chi connectivity index (χ1) is 10.7. The summed E-state index contributed by atoms with van der Waals surface area (Å²) in [4.78, 5) is 14.9. The Morgan fingerprint density at radius 3 is 2.64 bits per heavy atom. The van der Waals surface area contributed by atoms with Gasteiger partial charge >= 0.3 is 0 Å². The second-order valence-electron chi connectivity index (χ2n) is 6.97. The topological polar surface area (TPSA) is 68.1 Å². The average Bonchev–Trinajstić information content (AvgIpc) is 2.91. The van der Waals surface area contributed by atoms with Crippen molar-refractivity contribution in [3.8, 4) is 0 Å². The van der Waals surface area contributed by atoms with Crippen molar-refractivity contribution in [1.29, 1.82) is 0 Å². The number of anilines is 1. The Bertz CT molecular complexity index is 775. The van der Waals surface area contributed by atoms with Crippen molar-refractivity contribution >= 4 is 22.1 Å². The minimum atomic E-state index is -0.333. The molecule has 112 valence electrons. The summed E-state index contributed by atoms with van der Waals surface area (Å²) >= 11 is 0. The molecular weight excluding hydrogens is 278 g/mol. The number of rotatable bonds is 3. The van der Waals surface area contributed by atoms with E-state index in [1.807, 2.05) is 12.1 Å². The van der Waals surface area contributed by atoms with Crippen molar-refractivity contribution in [3.05, 3.63) is 40.7 Å². The molecule has 4 atom stereocenters. The largest absolute Gasteiger partial charge is 0.381 e. The van der Waals surface area contributed by atoms with E-state index in [9.17, 15) is 10.1 Å². The van der Waals surface area contributed by atoms with Crippen molar-refractivity contribution in [3.63, 3.8) is 0 Å². The summed E-state index contributed by atoms with van der Waals surface area (Å²) in [5, 5.41) is 16.4. The second kappa shape index (κ2) is 4.18. The number of non-ortho nitro benzene ring substituents is 1. The lowest BCUT2D eigenvalue weighted by atomic mass is 10.0. The standard InChI is InChI=1S/C17H17N3O2/c21-20(22)14-4-3-13(11-5-6-18-8-12(11)14)19-17-15-9-1-2-10(7-9)16(15)17/h3-6,8-10,15-17,19H,1-2,7H2. The Morgan fingerprint density at radius 2 is 1.91 bits per heavy atom. The van der Waals surface area contributed by atoms with Crippen molar-refractivity contribution in [2.24, 2.45) is 23.7 Å². The molecule has 0 saturated heterocycles. The van der Waals surface area contributed by atoms with Crippen LogP contribution in [0.5, 0.6) is 0 Å². The molecule has 0 radical (unpaired) electrons. The zero-order chi connectivity index (χ0) is 14.8. The first-order valence-corrected chi connectivity index (χ1v) is 8.01. The fraction of sp³-hybridized carbons (Fsp3) is 0.471. The van der Waals surface area contributed by atoms with Crippen LogP contribution in [0.1, 0.15) is 19.3 Å². The molecule has 1 N–H and O–H groups in total. The van der Waals surface area contributed by atoms with Gasteiger partial charge in [-0.2, -0.15) is 0 Å². The molecule has 3 aliphatic rings. The molecule has 3 aliphatic carbocycles. The van der Waals surface area contributed by atoms with Crippen LogP contribution in [0.15, 0.2) is 30.6 Å². The number of nitro groups is 1. The Balaban J connectivity index is 1.51. The molecule has 5 rings (SSSR count). The van der Waals surface area contributed by atoms with E-state index in [1.165, 1.54) is 19.3 Å². The van der Waals surface area contributed by atoms with Crippen LogP contribution in [0, 0.1) is 33.8 Å². The van der Waals surface area contributed by atoms with Crippen LogP contribution in [-0.4, -0.2) is 15.9 Å². The van der Waals surface area contributed by atoms with Gasteiger partial charge in [0.15, 0.2) is 0 Å². The lowest BCUT2D eigenvalue weighted by Crippen LogP contribution is -2.13. The van der Waals surface area contributed by atoms with Crippen LogP contribution < -0.4 is 5.32 Å². The van der Waals surface area contributed by atoms with E-state index in [0.717, 1.165) is 34.7 Å². The molecule has 2 bridgehead atoms. The highest BCUT2D eigenvalue weighted by Crippen LogP contribution is 2.66. The number of fused-ring (bicyclic) bond motifs is 6. The quantitative estimate of drug-likeness (QED) is 0.694. The smallest absolute Gasteiger partial charge is 0.278 e. The van der Waals surface area contributed by atoms with Gasteiger partial charge in [-0.1, -0.05) is 0 Å². The normalized spacial score (nSPS) is 34.6. The monoisotopic (exact) mass is 295 g/mol. The zero-order valence-electron chi connectivity index (χ0n) is 12.1. The predicted molar refractivity (Wildman–Crippen MR) is 83.6 cm³/mol. The van der Waals surface area contributed by atoms with E-state index in [-0.39, 0.29) is 10.6 Å². The number of nitrogens with zero attached hydrogens (tertiary/aromatic N) is 2. The van der Waals surface area contributed by atoms with Gasteiger partial charge in [0.1, 0.15) is 0 Å². The Morgan fingerprint density at radius 1 is 1.14 bits per heavy atom. The minimum absolute atomic E-state index is 0.129. The molecule has 22 heavy (non-hydrogen) atoms. The van der Waals surface area contributed by atoms with Gasteiger partial charge in [0.25, 0.3) is 5.69 Å². The molecule has 4 unspecified atom stereocenters. The van der Waals surface area contributed by atoms with Gasteiger partial charge in [-0.15, -0.1) is 0 Å². The van der Waals surface area contributed by atoms with E-state index in [2.05, 4.69) is 10.3 Å². The van der Waals surface area contributed by atoms with Crippen LogP contribution >= 0.6 is 0 Å². The minimum Gasteiger partial charge on any atom is -0.381 e. The number of pyridine rings is 1. The molecule has 3 saturated carbocycles. The number of benzene rings is 1. The Hall–Kier alpha value is -2.17. The molecule has 1 aromatic heterocycles. The SMILES string of the molecule is O=[N+]([O-])c1ccc(NC2C3C4CCC(C4)C23)c2ccncc12. The number of nitro benzene ring substituents is 1. The summed E-state index contributed by atoms with van der Waals surface area (Å²) in [6.45, 7) is 0. The third kappa shape index (κ3) is 1.56. The van der Waals surface area contributed by atoms with Crippen LogP contribution in [-0.2, 0) is 0 Å². The van der Waals surface area contributed by atoms with Crippen molar-refractivity contribution in [2.45, 2.75) is 25.3 Å². The third-order valence-electron chi connectivity index (χ3n) is 6.05. The molecule has 1 heterocycles. The molecule has 0 spiro atoms. The summed E-state index contributed by atoms with van der Waals surface area (Å²) < 4.78 is 0. The fourth-order valence-corrected chi connectivity index (χ4v) is 5.16. The van der Waals surface area contributed by atoms with Crippen LogP contribution in [0.4, 0.5) is 11.4 Å². The molecule has 2 aromatic rings. The number of aromatic nitrogens is 1. The van der Waals surface area contributed by atoms with E-state index < -0.39 is 0 Å². The predicted octanol–water partition coefficient (Wildman–Crippen LogP) is 3.60. The van der Waals surface area contributed by atoms with Gasteiger partial charge in [0, 0.05) is 35.6 Å². The maximum atomic E-state index is 11.2. The summed E-state index contributed by atoms with van der Waals surface area (Å²) in [6.07, 6.45) is 7.52. The van der Waals surface area contributed by atoms with E-state index in [1.54, 1.807) is 18.5 Å². The van der Waals surface area contributed by atoms with E-state index in [4.69, 9.17) is 0 Å². The van der Waals surface area contributed by atoms with E-state index in [0.29, 0.717) is 11.4 Å². The summed E-state index contributed by atoms with van der Waals surface area (Å²) in [6, 6.07) is 5.90. The molecule has 0 amide bonds. The van der Waals surface area contributed by atoms with Crippen molar-refractivity contribution in [2.75, 3.05) is 5.32 Å². The van der Waals surface area contributed by atoms with Crippen molar-refractivity contribution in [1.82, 2.24) is 4.98 Å². The molecule has 3 fully saturated rings. The highest BCUT2D eigenvalue weighted by Gasteiger charge is 2.65. The molecule has 5 nitrogen and oxygen atoms in total. The van der Waals surface area contributed by atoms with Crippen LogP contribution in [0.25, 0.3) is 10.8 Å². The van der Waals surface area contributed by atoms with Gasteiger partial charge in [0.2, 0.25) is 0 Å². The maximum Gasteiger partial charge on any atom is 0.278 e. The lowest BCUT2D eigenvalue weighted by Gasteiger charge is -2.13. The van der Waals surface area contributed by atoms with Gasteiger partial charge in [-0.25, -0.2) is 0 Å².